The van der Waals surface area contributed by atoms with Crippen molar-refractivity contribution in [2.75, 3.05) is 16.4 Å². The van der Waals surface area contributed by atoms with Gasteiger partial charge in [-0.15, -0.1) is 0 Å². The van der Waals surface area contributed by atoms with Crippen LogP contribution >= 0.6 is 0 Å². The Bertz CT molecular complexity index is 1410. The Hall–Kier alpha value is -4.52. The van der Waals surface area contributed by atoms with Gasteiger partial charge in [-0.1, -0.05) is 43.0 Å². The van der Waals surface area contributed by atoms with E-state index in [1.54, 1.807) is 18.6 Å². The van der Waals surface area contributed by atoms with E-state index >= 15 is 0 Å². The molecule has 0 radical (unpaired) electrons. The number of nitrogens with zero attached hydrogens (tertiary/aromatic N) is 3. The largest absolute Gasteiger partial charge is 0.396 e. The quantitative estimate of drug-likeness (QED) is 0.310. The Morgan fingerprint density at radius 3 is 2.77 bits per heavy atom. The average molecular weight is 465 g/mol. The van der Waals surface area contributed by atoms with Gasteiger partial charge in [0.2, 0.25) is 0 Å². The van der Waals surface area contributed by atoms with Gasteiger partial charge in [0.15, 0.2) is 0 Å². The third-order valence-corrected chi connectivity index (χ3v) is 5.82. The van der Waals surface area contributed by atoms with Crippen LogP contribution in [0.1, 0.15) is 16.7 Å². The van der Waals surface area contributed by atoms with Crippen LogP contribution in [0, 0.1) is 5.82 Å². The van der Waals surface area contributed by atoms with Crippen LogP contribution in [0.4, 0.5) is 21.6 Å². The molecule has 7 heteroatoms. The lowest BCUT2D eigenvalue weighted by molar-refractivity contribution is 0.631. The molecule has 2 aromatic heterocycles. The molecule has 0 unspecified atom stereocenters. The minimum Gasteiger partial charge on any atom is -0.396 e. The number of nitrogens with two attached hydrogens (primary N) is 1. The van der Waals surface area contributed by atoms with Gasteiger partial charge in [0.05, 0.1) is 24.1 Å². The van der Waals surface area contributed by atoms with Crippen molar-refractivity contribution in [2.24, 2.45) is 4.99 Å². The Morgan fingerprint density at radius 2 is 1.91 bits per heavy atom. The molecule has 0 atom stereocenters. The fraction of sp³-hybridized carbons (Fsp3) is 0.107. The lowest BCUT2D eigenvalue weighted by Gasteiger charge is -2.18. The number of fused-ring (bicyclic) bond motifs is 1. The lowest BCUT2D eigenvalue weighted by Crippen LogP contribution is -2.21. The van der Waals surface area contributed by atoms with Gasteiger partial charge < -0.3 is 16.4 Å². The summed E-state index contributed by atoms with van der Waals surface area (Å²) in [6.07, 6.45) is 6.21. The van der Waals surface area contributed by atoms with Crippen LogP contribution in [0.25, 0.3) is 11.1 Å². The van der Waals surface area contributed by atoms with Crippen molar-refractivity contribution in [3.05, 3.63) is 114 Å². The predicted octanol–water partition coefficient (Wildman–Crippen LogP) is 5.60. The second kappa shape index (κ2) is 9.77. The fourth-order valence-corrected chi connectivity index (χ4v) is 4.06. The minimum absolute atomic E-state index is 0.114. The molecule has 174 valence electrons. The smallest absolute Gasteiger partial charge is 0.146 e. The zero-order chi connectivity index (χ0) is 24.2. The van der Waals surface area contributed by atoms with Crippen molar-refractivity contribution >= 4 is 23.0 Å². The molecule has 0 aliphatic carbocycles. The van der Waals surface area contributed by atoms with Gasteiger partial charge in [-0.3, -0.25) is 9.98 Å². The minimum atomic E-state index is -0.473. The molecule has 4 aromatic rings. The molecular weight excluding hydrogens is 439 g/mol. The molecule has 35 heavy (non-hydrogen) atoms. The molecule has 0 fully saturated rings. The van der Waals surface area contributed by atoms with Gasteiger partial charge in [-0.25, -0.2) is 9.37 Å². The number of aromatic nitrogens is 2. The summed E-state index contributed by atoms with van der Waals surface area (Å²) in [4.78, 5) is 13.3. The molecule has 0 saturated heterocycles. The lowest BCUT2D eigenvalue weighted by atomic mass is 10.00. The summed E-state index contributed by atoms with van der Waals surface area (Å²) in [7, 11) is 0. The Balaban J connectivity index is 1.35. The molecule has 1 aliphatic heterocycles. The molecule has 2 aromatic carbocycles. The summed E-state index contributed by atoms with van der Waals surface area (Å²) >= 11 is 0. The van der Waals surface area contributed by atoms with Crippen LogP contribution in [-0.4, -0.2) is 15.8 Å². The summed E-state index contributed by atoms with van der Waals surface area (Å²) in [5.74, 6) is 0.996. The summed E-state index contributed by atoms with van der Waals surface area (Å²) in [6, 6.07) is 19.2. The molecule has 0 bridgehead atoms. The number of hydrogen-bond donors (Lipinski definition) is 3. The van der Waals surface area contributed by atoms with Crippen LogP contribution in [0.3, 0.4) is 0 Å². The molecule has 4 N–H and O–H groups in total. The molecular formula is C28H25FN6. The number of anilines is 3. The second-order valence-electron chi connectivity index (χ2n) is 8.46. The fourth-order valence-electron chi connectivity index (χ4n) is 4.06. The Kier molecular flexibility index (Phi) is 6.22. The molecule has 5 rings (SSSR count). The average Bonchev–Trinajstić information content (AvgIpc) is 2.87. The highest BCUT2D eigenvalue weighted by atomic mass is 19.1. The molecule has 1 aliphatic rings. The van der Waals surface area contributed by atoms with Gasteiger partial charge in [0, 0.05) is 42.1 Å². The van der Waals surface area contributed by atoms with Crippen molar-refractivity contribution < 1.29 is 4.39 Å². The Morgan fingerprint density at radius 1 is 1.06 bits per heavy atom. The Labute approximate surface area is 203 Å². The highest BCUT2D eigenvalue weighted by molar-refractivity contribution is 5.98. The van der Waals surface area contributed by atoms with Gasteiger partial charge in [0.1, 0.15) is 17.5 Å². The molecule has 6 nitrogen and oxygen atoms in total. The third-order valence-electron chi connectivity index (χ3n) is 5.82. The second-order valence-corrected chi connectivity index (χ2v) is 8.46. The number of rotatable bonds is 7. The van der Waals surface area contributed by atoms with Gasteiger partial charge in [-0.2, -0.15) is 0 Å². The zero-order valence-corrected chi connectivity index (χ0v) is 19.1. The summed E-state index contributed by atoms with van der Waals surface area (Å²) in [5, 5.41) is 6.54. The van der Waals surface area contributed by atoms with E-state index in [1.807, 2.05) is 42.5 Å². The van der Waals surface area contributed by atoms with Crippen molar-refractivity contribution in [3.63, 3.8) is 0 Å². The number of amidine groups is 1. The van der Waals surface area contributed by atoms with E-state index in [0.29, 0.717) is 36.3 Å². The van der Waals surface area contributed by atoms with Crippen LogP contribution in [-0.2, 0) is 19.4 Å². The van der Waals surface area contributed by atoms with E-state index in [9.17, 15) is 4.39 Å². The maximum absolute atomic E-state index is 14.8. The number of aliphatic imine (C=N–C) groups is 1. The zero-order valence-electron chi connectivity index (χ0n) is 19.1. The predicted molar refractivity (Wildman–Crippen MR) is 140 cm³/mol. The number of allylic oxidation sites excluding steroid dienone is 1. The topological polar surface area (TPSA) is 88.2 Å². The number of nitrogens with one attached hydrogen (secondary N) is 2. The van der Waals surface area contributed by atoms with E-state index < -0.39 is 5.82 Å². The normalized spacial score (nSPS) is 12.3. The van der Waals surface area contributed by atoms with Gasteiger partial charge in [0.25, 0.3) is 0 Å². The number of pyridine rings is 2. The third kappa shape index (κ3) is 5.19. The van der Waals surface area contributed by atoms with E-state index in [4.69, 9.17) is 5.73 Å². The van der Waals surface area contributed by atoms with Crippen LogP contribution in [0.5, 0.6) is 0 Å². The van der Waals surface area contributed by atoms with Crippen LogP contribution < -0.4 is 16.4 Å². The van der Waals surface area contributed by atoms with Gasteiger partial charge in [-0.05, 0) is 41.0 Å². The van der Waals surface area contributed by atoms with Crippen molar-refractivity contribution in [2.45, 2.75) is 19.4 Å². The van der Waals surface area contributed by atoms with Crippen molar-refractivity contribution in [1.29, 1.82) is 0 Å². The van der Waals surface area contributed by atoms with E-state index in [1.165, 1.54) is 6.07 Å². The molecule has 0 saturated carbocycles. The number of hydrogen-bond acceptors (Lipinski definition) is 6. The first-order chi connectivity index (χ1) is 17.0. The summed E-state index contributed by atoms with van der Waals surface area (Å²) < 4.78 is 14.8. The van der Waals surface area contributed by atoms with Crippen LogP contribution in [0.15, 0.2) is 96.5 Å². The first kappa shape index (κ1) is 22.3. The van der Waals surface area contributed by atoms with E-state index in [0.717, 1.165) is 33.9 Å². The molecule has 0 spiro atoms. The van der Waals surface area contributed by atoms with E-state index in [-0.39, 0.29) is 5.69 Å². The SMILES string of the molecule is C=C(Cc1ccccc1)Nc1cncc(-c2cc(F)c(N)c(CC3=NCc4cccnc4N3)c2)c1. The maximum atomic E-state index is 14.8. The van der Waals surface area contributed by atoms with E-state index in [2.05, 4.69) is 44.3 Å². The number of benzene rings is 2. The first-order valence-corrected chi connectivity index (χ1v) is 11.3. The highest BCUT2D eigenvalue weighted by Gasteiger charge is 2.16. The monoisotopic (exact) mass is 464 g/mol. The first-order valence-electron chi connectivity index (χ1n) is 11.3. The maximum Gasteiger partial charge on any atom is 0.146 e. The highest BCUT2D eigenvalue weighted by Crippen LogP contribution is 2.29. The summed E-state index contributed by atoms with van der Waals surface area (Å²) in [5.41, 5.74) is 12.1. The molecule has 0 amide bonds. The van der Waals surface area contributed by atoms with Crippen molar-refractivity contribution in [1.82, 2.24) is 9.97 Å². The molecule has 3 heterocycles. The standard InChI is InChI=1S/C28H25FN6/c1-18(10-19-6-3-2-4-7-19)34-24-12-23(15-31-17-24)21-11-22(27(30)25(29)13-21)14-26-33-16-20-8-5-9-32-28(20)35-26/h2-9,11-13,15,17,34H,1,10,14,16,30H2,(H,32,33,35). The van der Waals surface area contributed by atoms with Crippen molar-refractivity contribution in [3.8, 4) is 11.1 Å². The summed E-state index contributed by atoms with van der Waals surface area (Å²) in [6.45, 7) is 4.65. The van der Waals surface area contributed by atoms with Gasteiger partial charge >= 0.3 is 0 Å². The number of halogens is 1. The number of nitrogen functional groups attached to an aromatic ring is 1. The van der Waals surface area contributed by atoms with Crippen LogP contribution in [0.2, 0.25) is 0 Å².